The molecule has 6 heteroatoms. The van der Waals surface area contributed by atoms with Gasteiger partial charge in [-0.25, -0.2) is 0 Å². The third kappa shape index (κ3) is 4.85. The topological polar surface area (TPSA) is 52.8 Å². The molecule has 0 saturated heterocycles. The van der Waals surface area contributed by atoms with Crippen LogP contribution in [0.2, 0.25) is 0 Å². The van der Waals surface area contributed by atoms with Crippen molar-refractivity contribution in [1.82, 2.24) is 15.0 Å². The van der Waals surface area contributed by atoms with Crippen molar-refractivity contribution >= 4 is 11.8 Å². The first-order valence-electron chi connectivity index (χ1n) is 9.17. The lowest BCUT2D eigenvalue weighted by atomic mass is 10.1. The van der Waals surface area contributed by atoms with Crippen molar-refractivity contribution in [2.75, 3.05) is 45.2 Å². The number of hydrogen-bond donors (Lipinski definition) is 0. The van der Waals surface area contributed by atoms with Gasteiger partial charge >= 0.3 is 0 Å². The maximum absolute atomic E-state index is 12.2. The third-order valence-electron chi connectivity index (χ3n) is 4.48. The quantitative estimate of drug-likeness (QED) is 0.689. The molecular formula is C20H30N4O2. The van der Waals surface area contributed by atoms with Crippen LogP contribution in [0.4, 0.5) is 5.88 Å². The van der Waals surface area contributed by atoms with Crippen LogP contribution in [0, 0.1) is 0 Å². The van der Waals surface area contributed by atoms with Gasteiger partial charge in [0.05, 0.1) is 12.1 Å². The highest BCUT2D eigenvalue weighted by Crippen LogP contribution is 2.32. The Morgan fingerprint density at radius 1 is 1.08 bits per heavy atom. The number of carbonyl (C=O) groups excluding carboxylic acids is 1. The summed E-state index contributed by atoms with van der Waals surface area (Å²) in [6.07, 6.45) is 0. The molecule has 2 rings (SSSR count). The molecular weight excluding hydrogens is 328 g/mol. The minimum absolute atomic E-state index is 0.0533. The van der Waals surface area contributed by atoms with Crippen LogP contribution in [0.5, 0.6) is 0 Å². The lowest BCUT2D eigenvalue weighted by molar-refractivity contribution is -0.129. The fraction of sp³-hybridized carbons (Fsp3) is 0.500. The highest BCUT2D eigenvalue weighted by molar-refractivity contribution is 5.75. The van der Waals surface area contributed by atoms with Crippen LogP contribution >= 0.6 is 0 Å². The standard InChI is InChI=1S/C20H30N4O2/c1-6-23(7-2)20-18(15-24(16(3)25)14-13-22(4)5)19(21-26-20)17-11-9-8-10-12-17/h8-12H,6-7,13-15H2,1-5H3. The second kappa shape index (κ2) is 9.38. The van der Waals surface area contributed by atoms with E-state index >= 15 is 0 Å². The van der Waals surface area contributed by atoms with E-state index in [4.69, 9.17) is 4.52 Å². The summed E-state index contributed by atoms with van der Waals surface area (Å²) in [4.78, 5) is 18.3. The fourth-order valence-electron chi connectivity index (χ4n) is 2.88. The summed E-state index contributed by atoms with van der Waals surface area (Å²) in [7, 11) is 4.02. The average Bonchev–Trinajstić information content (AvgIpc) is 3.03. The Bertz CT molecular complexity index is 693. The fourth-order valence-corrected chi connectivity index (χ4v) is 2.88. The summed E-state index contributed by atoms with van der Waals surface area (Å²) in [5.41, 5.74) is 2.78. The molecule has 0 bridgehead atoms. The van der Waals surface area contributed by atoms with Crippen LogP contribution in [0.1, 0.15) is 26.3 Å². The Kier molecular flexibility index (Phi) is 7.21. The molecule has 0 unspecified atom stereocenters. The van der Waals surface area contributed by atoms with Crippen molar-refractivity contribution in [3.05, 3.63) is 35.9 Å². The summed E-state index contributed by atoms with van der Waals surface area (Å²) in [5.74, 6) is 0.808. The normalized spacial score (nSPS) is 11.0. The highest BCUT2D eigenvalue weighted by atomic mass is 16.5. The maximum Gasteiger partial charge on any atom is 0.232 e. The van der Waals surface area contributed by atoms with E-state index in [9.17, 15) is 4.79 Å². The lowest BCUT2D eigenvalue weighted by Gasteiger charge is -2.25. The van der Waals surface area contributed by atoms with Crippen molar-refractivity contribution in [2.45, 2.75) is 27.3 Å². The van der Waals surface area contributed by atoms with Gasteiger partial charge in [-0.3, -0.25) is 4.79 Å². The average molecular weight is 358 g/mol. The van der Waals surface area contributed by atoms with Gasteiger partial charge in [-0.05, 0) is 27.9 Å². The molecule has 0 aliphatic carbocycles. The minimum atomic E-state index is 0.0533. The SMILES string of the molecule is CCN(CC)c1onc(-c2ccccc2)c1CN(CCN(C)C)C(C)=O. The zero-order valence-corrected chi connectivity index (χ0v) is 16.5. The molecule has 1 heterocycles. The van der Waals surface area contributed by atoms with Gasteiger partial charge in [0.2, 0.25) is 11.8 Å². The number of anilines is 1. The number of likely N-dealkylation sites (N-methyl/N-ethyl adjacent to an activating group) is 1. The molecule has 2 aromatic rings. The number of hydrogen-bond acceptors (Lipinski definition) is 5. The molecule has 26 heavy (non-hydrogen) atoms. The van der Waals surface area contributed by atoms with E-state index in [0.29, 0.717) is 13.1 Å². The molecule has 6 nitrogen and oxygen atoms in total. The summed E-state index contributed by atoms with van der Waals surface area (Å²) in [6.45, 7) is 9.41. The van der Waals surface area contributed by atoms with Gasteiger partial charge in [0.25, 0.3) is 0 Å². The zero-order chi connectivity index (χ0) is 19.1. The van der Waals surface area contributed by atoms with Crippen LogP contribution in [0.25, 0.3) is 11.3 Å². The van der Waals surface area contributed by atoms with E-state index in [0.717, 1.165) is 42.3 Å². The number of benzene rings is 1. The number of amides is 1. The van der Waals surface area contributed by atoms with Crippen molar-refractivity contribution in [1.29, 1.82) is 0 Å². The first-order valence-corrected chi connectivity index (χ1v) is 9.17. The van der Waals surface area contributed by atoms with Crippen LogP contribution in [-0.2, 0) is 11.3 Å². The Balaban J connectivity index is 2.41. The van der Waals surface area contributed by atoms with Gasteiger partial charge in [-0.2, -0.15) is 0 Å². The zero-order valence-electron chi connectivity index (χ0n) is 16.5. The molecule has 0 aliphatic heterocycles. The van der Waals surface area contributed by atoms with E-state index in [1.54, 1.807) is 6.92 Å². The highest BCUT2D eigenvalue weighted by Gasteiger charge is 2.24. The Morgan fingerprint density at radius 3 is 2.27 bits per heavy atom. The number of carbonyl (C=O) groups is 1. The molecule has 1 amide bonds. The predicted octanol–water partition coefficient (Wildman–Crippen LogP) is 3.10. The van der Waals surface area contributed by atoms with Crippen LogP contribution in [-0.4, -0.2) is 61.1 Å². The Hall–Kier alpha value is -2.34. The van der Waals surface area contributed by atoms with Gasteiger partial charge in [0, 0.05) is 38.7 Å². The minimum Gasteiger partial charge on any atom is -0.341 e. The third-order valence-corrected chi connectivity index (χ3v) is 4.48. The van der Waals surface area contributed by atoms with Crippen molar-refractivity contribution < 1.29 is 9.32 Å². The Morgan fingerprint density at radius 2 is 1.73 bits per heavy atom. The number of rotatable bonds is 9. The van der Waals surface area contributed by atoms with Crippen molar-refractivity contribution in [3.63, 3.8) is 0 Å². The summed E-state index contributed by atoms with van der Waals surface area (Å²) in [5, 5.41) is 4.35. The smallest absolute Gasteiger partial charge is 0.232 e. The van der Waals surface area contributed by atoms with Crippen LogP contribution in [0.15, 0.2) is 34.9 Å². The molecule has 1 aromatic carbocycles. The van der Waals surface area contributed by atoms with Crippen molar-refractivity contribution in [2.24, 2.45) is 0 Å². The van der Waals surface area contributed by atoms with Gasteiger partial charge in [0.1, 0.15) is 5.69 Å². The molecule has 142 valence electrons. The number of nitrogens with zero attached hydrogens (tertiary/aromatic N) is 4. The first kappa shape index (κ1) is 20.0. The van der Waals surface area contributed by atoms with E-state index in [2.05, 4.69) is 28.8 Å². The van der Waals surface area contributed by atoms with Gasteiger partial charge in [-0.15, -0.1) is 0 Å². The summed E-state index contributed by atoms with van der Waals surface area (Å²) < 4.78 is 5.73. The molecule has 0 radical (unpaired) electrons. The van der Waals surface area contributed by atoms with E-state index < -0.39 is 0 Å². The predicted molar refractivity (Wildman–Crippen MR) is 105 cm³/mol. The second-order valence-corrected chi connectivity index (χ2v) is 6.60. The molecule has 0 atom stereocenters. The molecule has 1 aromatic heterocycles. The van der Waals surface area contributed by atoms with Crippen LogP contribution < -0.4 is 4.90 Å². The molecule has 0 N–H and O–H groups in total. The van der Waals surface area contributed by atoms with Gasteiger partial charge < -0.3 is 19.2 Å². The van der Waals surface area contributed by atoms with E-state index in [1.165, 1.54) is 0 Å². The monoisotopic (exact) mass is 358 g/mol. The lowest BCUT2D eigenvalue weighted by Crippen LogP contribution is -2.35. The van der Waals surface area contributed by atoms with E-state index in [-0.39, 0.29) is 5.91 Å². The number of aromatic nitrogens is 1. The summed E-state index contributed by atoms with van der Waals surface area (Å²) in [6, 6.07) is 9.99. The molecule has 0 aliphatic rings. The summed E-state index contributed by atoms with van der Waals surface area (Å²) >= 11 is 0. The van der Waals surface area contributed by atoms with Gasteiger partial charge in [-0.1, -0.05) is 35.5 Å². The van der Waals surface area contributed by atoms with E-state index in [1.807, 2.05) is 49.3 Å². The van der Waals surface area contributed by atoms with Crippen LogP contribution in [0.3, 0.4) is 0 Å². The van der Waals surface area contributed by atoms with Crippen molar-refractivity contribution in [3.8, 4) is 11.3 Å². The molecule has 0 spiro atoms. The first-order chi connectivity index (χ1) is 12.5. The largest absolute Gasteiger partial charge is 0.341 e. The second-order valence-electron chi connectivity index (χ2n) is 6.60. The van der Waals surface area contributed by atoms with Gasteiger partial charge in [0.15, 0.2) is 0 Å². The maximum atomic E-state index is 12.2. The molecule has 0 saturated carbocycles. The Labute approximate surface area is 156 Å². The molecule has 0 fully saturated rings.